The minimum Gasteiger partial charge on any atom is -0.487 e. The van der Waals surface area contributed by atoms with Crippen molar-refractivity contribution >= 4 is 59.1 Å². The average Bonchev–Trinajstić information content (AvgIpc) is 2.73. The fraction of sp³-hybridized carbons (Fsp3) is 0.167. The van der Waals surface area contributed by atoms with Crippen LogP contribution in [-0.2, 0) is 11.9 Å². The Kier molecular flexibility index (Phi) is 5.09. The lowest BCUT2D eigenvalue weighted by Crippen LogP contribution is -1.96. The maximum Gasteiger partial charge on any atom is 0.138 e. The highest BCUT2D eigenvalue weighted by atomic mass is 79.9. The van der Waals surface area contributed by atoms with Crippen LogP contribution < -0.4 is 4.74 Å². The summed E-state index contributed by atoms with van der Waals surface area (Å²) in [5.41, 5.74) is 1.15. The van der Waals surface area contributed by atoms with Gasteiger partial charge in [0.2, 0.25) is 0 Å². The zero-order valence-electron chi connectivity index (χ0n) is 8.75. The second kappa shape index (κ2) is 6.36. The van der Waals surface area contributed by atoms with Gasteiger partial charge in [-0.05, 0) is 50.1 Å². The van der Waals surface area contributed by atoms with Crippen molar-refractivity contribution in [3.8, 4) is 5.75 Å². The van der Waals surface area contributed by atoms with Crippen molar-refractivity contribution in [1.29, 1.82) is 0 Å². The summed E-state index contributed by atoms with van der Waals surface area (Å²) in [6, 6.07) is 10.2. The standard InChI is InChI=1S/C12H9Br3OS/c13-6-8-2-1-3-10(14)12(8)16-7-9-4-5-11(15)17-9/h1-5H,6-7H2. The Bertz CT molecular complexity index is 510. The SMILES string of the molecule is BrCc1cccc(Br)c1OCc1ccc(Br)s1. The van der Waals surface area contributed by atoms with Crippen molar-refractivity contribution in [2.45, 2.75) is 11.9 Å². The molecule has 0 aliphatic rings. The normalized spacial score (nSPS) is 10.5. The number of thiophene rings is 1. The second-order valence-electron chi connectivity index (χ2n) is 3.36. The molecule has 17 heavy (non-hydrogen) atoms. The van der Waals surface area contributed by atoms with E-state index in [0.29, 0.717) is 6.61 Å². The number of para-hydroxylation sites is 1. The van der Waals surface area contributed by atoms with Crippen molar-refractivity contribution in [2.24, 2.45) is 0 Å². The van der Waals surface area contributed by atoms with E-state index in [-0.39, 0.29) is 0 Å². The monoisotopic (exact) mass is 438 g/mol. The quantitative estimate of drug-likeness (QED) is 0.550. The Morgan fingerprint density at radius 1 is 1.12 bits per heavy atom. The van der Waals surface area contributed by atoms with Crippen LogP contribution in [0.15, 0.2) is 38.6 Å². The number of alkyl halides is 1. The number of hydrogen-bond donors (Lipinski definition) is 0. The van der Waals surface area contributed by atoms with Crippen molar-refractivity contribution in [2.75, 3.05) is 0 Å². The lowest BCUT2D eigenvalue weighted by molar-refractivity contribution is 0.305. The highest BCUT2D eigenvalue weighted by Gasteiger charge is 2.08. The molecule has 2 aromatic rings. The van der Waals surface area contributed by atoms with Crippen molar-refractivity contribution in [3.05, 3.63) is 49.0 Å². The van der Waals surface area contributed by atoms with Gasteiger partial charge in [0.1, 0.15) is 12.4 Å². The Labute approximate surface area is 130 Å². The van der Waals surface area contributed by atoms with Gasteiger partial charge in [-0.15, -0.1) is 11.3 Å². The van der Waals surface area contributed by atoms with Crippen LogP contribution in [0.1, 0.15) is 10.4 Å². The predicted molar refractivity (Wildman–Crippen MR) is 83.1 cm³/mol. The summed E-state index contributed by atoms with van der Waals surface area (Å²) in [7, 11) is 0. The maximum atomic E-state index is 5.87. The smallest absolute Gasteiger partial charge is 0.138 e. The van der Waals surface area contributed by atoms with Crippen molar-refractivity contribution < 1.29 is 4.74 Å². The van der Waals surface area contributed by atoms with Crippen LogP contribution in [0.3, 0.4) is 0 Å². The third-order valence-electron chi connectivity index (χ3n) is 2.18. The zero-order valence-corrected chi connectivity index (χ0v) is 14.3. The van der Waals surface area contributed by atoms with E-state index in [1.165, 1.54) is 4.88 Å². The van der Waals surface area contributed by atoms with Gasteiger partial charge in [0.05, 0.1) is 8.26 Å². The molecule has 0 fully saturated rings. The van der Waals surface area contributed by atoms with Gasteiger partial charge in [-0.3, -0.25) is 0 Å². The maximum absolute atomic E-state index is 5.87. The minimum atomic E-state index is 0.596. The molecule has 0 atom stereocenters. The average molecular weight is 441 g/mol. The molecule has 90 valence electrons. The van der Waals surface area contributed by atoms with Crippen LogP contribution in [0.5, 0.6) is 5.75 Å². The number of halogens is 3. The molecule has 5 heteroatoms. The van der Waals surface area contributed by atoms with Gasteiger partial charge < -0.3 is 4.74 Å². The second-order valence-corrected chi connectivity index (χ2v) is 7.32. The molecule has 2 rings (SSSR count). The largest absolute Gasteiger partial charge is 0.487 e. The van der Waals surface area contributed by atoms with E-state index in [1.807, 2.05) is 18.2 Å². The Morgan fingerprint density at radius 2 is 1.94 bits per heavy atom. The molecule has 0 saturated heterocycles. The molecule has 0 aliphatic carbocycles. The van der Waals surface area contributed by atoms with Gasteiger partial charge in [0, 0.05) is 15.8 Å². The lowest BCUT2D eigenvalue weighted by Gasteiger charge is -2.11. The molecule has 1 heterocycles. The summed E-state index contributed by atoms with van der Waals surface area (Å²) < 4.78 is 7.99. The third-order valence-corrected chi connectivity index (χ3v) is 5.01. The Balaban J connectivity index is 2.13. The van der Waals surface area contributed by atoms with Crippen LogP contribution in [0, 0.1) is 0 Å². The Morgan fingerprint density at radius 3 is 2.59 bits per heavy atom. The van der Waals surface area contributed by atoms with E-state index in [9.17, 15) is 0 Å². The van der Waals surface area contributed by atoms with Crippen LogP contribution in [0.25, 0.3) is 0 Å². The summed E-state index contributed by atoms with van der Waals surface area (Å²) >= 11 is 12.1. The van der Waals surface area contributed by atoms with Crippen molar-refractivity contribution in [1.82, 2.24) is 0 Å². The van der Waals surface area contributed by atoms with Crippen LogP contribution >= 0.6 is 59.1 Å². The van der Waals surface area contributed by atoms with E-state index in [0.717, 1.165) is 24.9 Å². The number of hydrogen-bond acceptors (Lipinski definition) is 2. The summed E-state index contributed by atoms with van der Waals surface area (Å²) in [5.74, 6) is 0.911. The molecular formula is C12H9Br3OS. The fourth-order valence-corrected chi connectivity index (χ4v) is 3.75. The van der Waals surface area contributed by atoms with E-state index in [1.54, 1.807) is 11.3 Å². The number of rotatable bonds is 4. The van der Waals surface area contributed by atoms with E-state index >= 15 is 0 Å². The van der Waals surface area contributed by atoms with Gasteiger partial charge in [-0.2, -0.15) is 0 Å². The molecular weight excluding hydrogens is 432 g/mol. The summed E-state index contributed by atoms with van der Waals surface area (Å²) in [5, 5.41) is 0.788. The zero-order chi connectivity index (χ0) is 12.3. The van der Waals surface area contributed by atoms with Gasteiger partial charge in [-0.1, -0.05) is 28.1 Å². The van der Waals surface area contributed by atoms with E-state index in [2.05, 4.69) is 59.9 Å². The first-order valence-corrected chi connectivity index (χ1v) is 8.43. The van der Waals surface area contributed by atoms with Gasteiger partial charge in [0.15, 0.2) is 0 Å². The fourth-order valence-electron chi connectivity index (χ4n) is 1.39. The molecule has 0 radical (unpaired) electrons. The van der Waals surface area contributed by atoms with E-state index in [4.69, 9.17) is 4.74 Å². The van der Waals surface area contributed by atoms with Crippen LogP contribution in [0.2, 0.25) is 0 Å². The molecule has 0 aliphatic heterocycles. The summed E-state index contributed by atoms with van der Waals surface area (Å²) in [6.45, 7) is 0.596. The summed E-state index contributed by atoms with van der Waals surface area (Å²) in [6.07, 6.45) is 0. The molecule has 1 aromatic carbocycles. The molecule has 0 spiro atoms. The first-order chi connectivity index (χ1) is 8.20. The predicted octanol–water partition coefficient (Wildman–Crippen LogP) is 5.75. The molecule has 0 bridgehead atoms. The number of benzene rings is 1. The van der Waals surface area contributed by atoms with Crippen molar-refractivity contribution in [3.63, 3.8) is 0 Å². The summed E-state index contributed by atoms with van der Waals surface area (Å²) in [4.78, 5) is 1.20. The van der Waals surface area contributed by atoms with Gasteiger partial charge >= 0.3 is 0 Å². The van der Waals surface area contributed by atoms with Crippen LogP contribution in [-0.4, -0.2) is 0 Å². The third kappa shape index (κ3) is 3.56. The van der Waals surface area contributed by atoms with Gasteiger partial charge in [0.25, 0.3) is 0 Å². The van der Waals surface area contributed by atoms with E-state index < -0.39 is 0 Å². The van der Waals surface area contributed by atoms with Gasteiger partial charge in [-0.25, -0.2) is 0 Å². The molecule has 1 aromatic heterocycles. The van der Waals surface area contributed by atoms with Crippen LogP contribution in [0.4, 0.5) is 0 Å². The molecule has 1 nitrogen and oxygen atoms in total. The Hall–Kier alpha value is 0.160. The first-order valence-electron chi connectivity index (χ1n) is 4.91. The lowest BCUT2D eigenvalue weighted by atomic mass is 10.2. The number of ether oxygens (including phenoxy) is 1. The first kappa shape index (κ1) is 13.6. The highest BCUT2D eigenvalue weighted by molar-refractivity contribution is 9.11. The molecule has 0 amide bonds. The molecule has 0 saturated carbocycles. The minimum absolute atomic E-state index is 0.596. The highest BCUT2D eigenvalue weighted by Crippen LogP contribution is 2.32. The molecule has 0 unspecified atom stereocenters. The molecule has 0 N–H and O–H groups in total. The topological polar surface area (TPSA) is 9.23 Å².